The summed E-state index contributed by atoms with van der Waals surface area (Å²) in [6.07, 6.45) is -0.739. The number of amides is 1. The average molecular weight is 493 g/mol. The van der Waals surface area contributed by atoms with E-state index in [1.165, 1.54) is 0 Å². The Morgan fingerprint density at radius 1 is 1.06 bits per heavy atom. The quantitative estimate of drug-likeness (QED) is 0.559. The second-order valence-corrected chi connectivity index (χ2v) is 9.84. The van der Waals surface area contributed by atoms with Crippen LogP contribution < -0.4 is 9.62 Å². The van der Waals surface area contributed by atoms with Gasteiger partial charge in [0.1, 0.15) is 0 Å². The van der Waals surface area contributed by atoms with Crippen LogP contribution >= 0.6 is 11.6 Å². The summed E-state index contributed by atoms with van der Waals surface area (Å²) in [6.45, 7) is 0.0555. The minimum atomic E-state index is -4.22. The van der Waals surface area contributed by atoms with Crippen LogP contribution in [0.2, 0.25) is 5.02 Å². The molecule has 0 spiro atoms. The number of benzene rings is 3. The van der Waals surface area contributed by atoms with E-state index in [1.54, 1.807) is 42.5 Å². The van der Waals surface area contributed by atoms with Crippen LogP contribution in [0.3, 0.4) is 0 Å². The van der Waals surface area contributed by atoms with Crippen LogP contribution in [0.4, 0.5) is 14.5 Å². The number of halogens is 3. The number of hydrogen-bond acceptors (Lipinski definition) is 4. The van der Waals surface area contributed by atoms with Gasteiger partial charge in [-0.3, -0.25) is 9.10 Å². The highest BCUT2D eigenvalue weighted by Crippen LogP contribution is 2.38. The van der Waals surface area contributed by atoms with Gasteiger partial charge in [-0.1, -0.05) is 23.7 Å². The van der Waals surface area contributed by atoms with Crippen molar-refractivity contribution in [2.45, 2.75) is 24.0 Å². The Hall–Kier alpha value is -3.01. The molecule has 3 aromatic carbocycles. The lowest BCUT2D eigenvalue weighted by Gasteiger charge is -2.33. The summed E-state index contributed by atoms with van der Waals surface area (Å²) in [6, 6.07) is 13.6. The molecule has 0 aliphatic carbocycles. The number of carbonyl (C=O) groups excluding carboxylic acids is 1. The van der Waals surface area contributed by atoms with Crippen molar-refractivity contribution in [2.24, 2.45) is 0 Å². The van der Waals surface area contributed by atoms with Crippen molar-refractivity contribution >= 4 is 33.2 Å². The average Bonchev–Trinajstić information content (AvgIpc) is 2.79. The smallest absolute Gasteiger partial charge is 0.264 e. The number of carbonyl (C=O) groups is 1. The lowest BCUT2D eigenvalue weighted by molar-refractivity contribution is 0.0951. The molecule has 1 heterocycles. The fourth-order valence-electron chi connectivity index (χ4n) is 3.61. The molecule has 0 saturated heterocycles. The zero-order valence-corrected chi connectivity index (χ0v) is 18.7. The third kappa shape index (κ3) is 4.71. The first-order valence-corrected chi connectivity index (χ1v) is 11.8. The number of nitrogens with zero attached hydrogens (tertiary/aromatic N) is 1. The van der Waals surface area contributed by atoms with Crippen LogP contribution in [0, 0.1) is 11.6 Å². The van der Waals surface area contributed by atoms with Gasteiger partial charge in [0.15, 0.2) is 11.6 Å². The third-order valence-corrected chi connectivity index (χ3v) is 7.43. The van der Waals surface area contributed by atoms with Crippen LogP contribution in [0.15, 0.2) is 65.6 Å². The molecule has 1 atom stereocenters. The first-order valence-electron chi connectivity index (χ1n) is 9.99. The van der Waals surface area contributed by atoms with Gasteiger partial charge < -0.3 is 10.4 Å². The number of rotatable bonds is 5. The van der Waals surface area contributed by atoms with Crippen molar-refractivity contribution in [1.29, 1.82) is 0 Å². The molecule has 0 saturated carbocycles. The number of sulfonamides is 1. The fraction of sp³-hybridized carbons (Fsp3) is 0.174. The van der Waals surface area contributed by atoms with E-state index in [0.717, 1.165) is 16.4 Å². The topological polar surface area (TPSA) is 86.7 Å². The number of hydrogen-bond donors (Lipinski definition) is 2. The van der Waals surface area contributed by atoms with Gasteiger partial charge in [-0.15, -0.1) is 0 Å². The largest absolute Gasteiger partial charge is 0.388 e. The summed E-state index contributed by atoms with van der Waals surface area (Å²) >= 11 is 5.83. The Morgan fingerprint density at radius 3 is 2.48 bits per heavy atom. The van der Waals surface area contributed by atoms with Crippen molar-refractivity contribution in [3.05, 3.63) is 94.0 Å². The number of aliphatic hydroxyl groups is 1. The van der Waals surface area contributed by atoms with Gasteiger partial charge in [0.25, 0.3) is 15.9 Å². The Kier molecular flexibility index (Phi) is 6.38. The van der Waals surface area contributed by atoms with Crippen LogP contribution in [0.25, 0.3) is 0 Å². The summed E-state index contributed by atoms with van der Waals surface area (Å²) < 4.78 is 54.4. The van der Waals surface area contributed by atoms with E-state index in [-0.39, 0.29) is 31.1 Å². The number of aliphatic hydroxyl groups excluding tert-OH is 1. The predicted octanol–water partition coefficient (Wildman–Crippen LogP) is 4.18. The fourth-order valence-corrected chi connectivity index (χ4v) is 5.25. The van der Waals surface area contributed by atoms with E-state index in [2.05, 4.69) is 5.32 Å². The van der Waals surface area contributed by atoms with Crippen LogP contribution in [0.5, 0.6) is 0 Å². The van der Waals surface area contributed by atoms with Gasteiger partial charge in [0.05, 0.1) is 16.7 Å². The van der Waals surface area contributed by atoms with Crippen LogP contribution in [-0.4, -0.2) is 26.0 Å². The maximum Gasteiger partial charge on any atom is 0.264 e. The number of nitrogens with one attached hydrogen (secondary N) is 1. The molecule has 0 bridgehead atoms. The number of anilines is 1. The molecule has 33 heavy (non-hydrogen) atoms. The van der Waals surface area contributed by atoms with E-state index in [1.807, 2.05) is 0 Å². The molecular formula is C23H19ClF2N2O4S. The Morgan fingerprint density at radius 2 is 1.79 bits per heavy atom. The highest BCUT2D eigenvalue weighted by molar-refractivity contribution is 7.92. The molecule has 0 radical (unpaired) electrons. The summed E-state index contributed by atoms with van der Waals surface area (Å²) in [5.41, 5.74) is 1.61. The molecule has 172 valence electrons. The van der Waals surface area contributed by atoms with Crippen LogP contribution in [0.1, 0.15) is 34.0 Å². The SMILES string of the molecule is O=C(NCc1ccc2c(c1)N(S(=O)(=O)c1ccc(F)c(F)c1)CCC2O)c1ccc(Cl)cc1. The van der Waals surface area contributed by atoms with Crippen molar-refractivity contribution < 1.29 is 27.1 Å². The minimum Gasteiger partial charge on any atom is -0.388 e. The van der Waals surface area contributed by atoms with Gasteiger partial charge in [0.2, 0.25) is 0 Å². The summed E-state index contributed by atoms with van der Waals surface area (Å²) in [5.74, 6) is -2.76. The van der Waals surface area contributed by atoms with Crippen molar-refractivity contribution in [2.75, 3.05) is 10.8 Å². The molecule has 3 aromatic rings. The highest BCUT2D eigenvalue weighted by atomic mass is 35.5. The second kappa shape index (κ2) is 9.09. The lowest BCUT2D eigenvalue weighted by atomic mass is 9.98. The minimum absolute atomic E-state index is 0.0456. The Bertz CT molecular complexity index is 1320. The van der Waals surface area contributed by atoms with Crippen LogP contribution in [-0.2, 0) is 16.6 Å². The maximum atomic E-state index is 13.7. The Labute approximate surface area is 194 Å². The van der Waals surface area contributed by atoms with E-state index in [4.69, 9.17) is 11.6 Å². The lowest BCUT2D eigenvalue weighted by Crippen LogP contribution is -2.37. The summed E-state index contributed by atoms with van der Waals surface area (Å²) in [4.78, 5) is 12.0. The van der Waals surface area contributed by atoms with Gasteiger partial charge >= 0.3 is 0 Å². The van der Waals surface area contributed by atoms with Gasteiger partial charge in [-0.05, 0) is 60.5 Å². The monoisotopic (exact) mass is 492 g/mol. The van der Waals surface area contributed by atoms with E-state index in [9.17, 15) is 27.1 Å². The van der Waals surface area contributed by atoms with Crippen molar-refractivity contribution in [1.82, 2.24) is 5.32 Å². The molecule has 1 aliphatic rings. The molecule has 6 nitrogen and oxygen atoms in total. The molecule has 1 aliphatic heterocycles. The molecule has 0 aromatic heterocycles. The predicted molar refractivity (Wildman–Crippen MR) is 120 cm³/mol. The van der Waals surface area contributed by atoms with E-state index in [0.29, 0.717) is 27.8 Å². The second-order valence-electron chi connectivity index (χ2n) is 7.54. The number of fused-ring (bicyclic) bond motifs is 1. The zero-order chi connectivity index (χ0) is 23.8. The first kappa shape index (κ1) is 23.2. The molecule has 4 rings (SSSR count). The Balaban J connectivity index is 1.62. The third-order valence-electron chi connectivity index (χ3n) is 5.37. The molecule has 1 unspecified atom stereocenters. The standard InChI is InChI=1S/C23H19ClF2N2O4S/c24-16-4-2-15(3-5-16)23(30)27-13-14-1-7-18-21(11-14)28(10-9-22(18)29)33(31,32)17-6-8-19(25)20(26)12-17/h1-8,11-12,22,29H,9-10,13H2,(H,27,30). The normalized spacial score (nSPS) is 15.8. The first-order chi connectivity index (χ1) is 15.7. The van der Waals surface area contributed by atoms with E-state index < -0.39 is 32.7 Å². The van der Waals surface area contributed by atoms with Gasteiger partial charge in [0, 0.05) is 29.2 Å². The summed E-state index contributed by atoms with van der Waals surface area (Å²) in [7, 11) is -4.22. The molecule has 1 amide bonds. The zero-order valence-electron chi connectivity index (χ0n) is 17.1. The van der Waals surface area contributed by atoms with Crippen molar-refractivity contribution in [3.63, 3.8) is 0 Å². The van der Waals surface area contributed by atoms with Gasteiger partial charge in [-0.25, -0.2) is 17.2 Å². The summed E-state index contributed by atoms with van der Waals surface area (Å²) in [5, 5.41) is 13.6. The molecular weight excluding hydrogens is 474 g/mol. The highest BCUT2D eigenvalue weighted by Gasteiger charge is 2.33. The van der Waals surface area contributed by atoms with E-state index >= 15 is 0 Å². The van der Waals surface area contributed by atoms with Gasteiger partial charge in [-0.2, -0.15) is 0 Å². The van der Waals surface area contributed by atoms with Crippen molar-refractivity contribution in [3.8, 4) is 0 Å². The molecule has 0 fully saturated rings. The molecule has 2 N–H and O–H groups in total. The molecule has 10 heteroatoms. The maximum absolute atomic E-state index is 13.7.